The van der Waals surface area contributed by atoms with Crippen LogP contribution in [0.3, 0.4) is 0 Å². The molecule has 1 aromatic heterocycles. The summed E-state index contributed by atoms with van der Waals surface area (Å²) in [5.41, 5.74) is 1.54. The van der Waals surface area contributed by atoms with Crippen molar-refractivity contribution in [2.45, 2.75) is 32.7 Å². The molecule has 1 amide bonds. The summed E-state index contributed by atoms with van der Waals surface area (Å²) >= 11 is 0. The maximum Gasteiger partial charge on any atom is 0.256 e. The molecule has 2 heterocycles. The summed E-state index contributed by atoms with van der Waals surface area (Å²) < 4.78 is 0. The van der Waals surface area contributed by atoms with Gasteiger partial charge in [-0.25, -0.2) is 0 Å². The molecular weight excluding hydrogens is 264 g/mol. The summed E-state index contributed by atoms with van der Waals surface area (Å²) in [5.74, 6) is 0.0864. The van der Waals surface area contributed by atoms with E-state index in [-0.39, 0.29) is 5.91 Å². The third kappa shape index (κ3) is 3.73. The van der Waals surface area contributed by atoms with E-state index in [2.05, 4.69) is 22.1 Å². The maximum absolute atomic E-state index is 12.7. The second kappa shape index (κ2) is 7.41. The van der Waals surface area contributed by atoms with Crippen molar-refractivity contribution < 1.29 is 4.79 Å². The molecule has 0 radical (unpaired) electrons. The van der Waals surface area contributed by atoms with E-state index in [0.717, 1.165) is 44.7 Å². The van der Waals surface area contributed by atoms with Gasteiger partial charge in [0.15, 0.2) is 0 Å². The van der Waals surface area contributed by atoms with Crippen LogP contribution in [0.4, 0.5) is 5.69 Å². The number of nitrogens with one attached hydrogen (secondary N) is 1. The van der Waals surface area contributed by atoms with E-state index in [1.165, 1.54) is 0 Å². The third-order valence-electron chi connectivity index (χ3n) is 4.29. The molecular formula is C16H26N4O. The van der Waals surface area contributed by atoms with Crippen LogP contribution in [0.5, 0.6) is 0 Å². The van der Waals surface area contributed by atoms with Gasteiger partial charge in [0.1, 0.15) is 0 Å². The second-order valence-electron chi connectivity index (χ2n) is 5.53. The van der Waals surface area contributed by atoms with Crippen LogP contribution in [0, 0.1) is 0 Å². The van der Waals surface area contributed by atoms with Crippen LogP contribution in [0.25, 0.3) is 0 Å². The van der Waals surface area contributed by atoms with E-state index in [1.807, 2.05) is 18.9 Å². The van der Waals surface area contributed by atoms with Crippen LogP contribution < -0.4 is 5.32 Å². The Morgan fingerprint density at radius 1 is 1.43 bits per heavy atom. The van der Waals surface area contributed by atoms with Crippen molar-refractivity contribution in [1.29, 1.82) is 0 Å². The van der Waals surface area contributed by atoms with Gasteiger partial charge in [-0.3, -0.25) is 9.78 Å². The van der Waals surface area contributed by atoms with Crippen molar-refractivity contribution >= 4 is 11.6 Å². The average Bonchev–Trinajstić information content (AvgIpc) is 2.54. The highest BCUT2D eigenvalue weighted by Crippen LogP contribution is 2.20. The molecule has 0 unspecified atom stereocenters. The van der Waals surface area contributed by atoms with Gasteiger partial charge >= 0.3 is 0 Å². The van der Waals surface area contributed by atoms with E-state index < -0.39 is 0 Å². The fourth-order valence-electron chi connectivity index (χ4n) is 2.89. The van der Waals surface area contributed by atoms with Crippen molar-refractivity contribution in [3.8, 4) is 0 Å². The first-order valence-electron chi connectivity index (χ1n) is 7.84. The Bertz CT molecular complexity index is 469. The minimum atomic E-state index is 0.0864. The number of carbonyl (C=O) groups excluding carboxylic acids is 1. The lowest BCUT2D eigenvalue weighted by atomic mass is 10.0. The normalized spacial score (nSPS) is 16.7. The van der Waals surface area contributed by atoms with E-state index in [9.17, 15) is 4.79 Å². The molecule has 1 aliphatic rings. The van der Waals surface area contributed by atoms with E-state index >= 15 is 0 Å². The van der Waals surface area contributed by atoms with Crippen molar-refractivity contribution in [3.63, 3.8) is 0 Å². The number of anilines is 1. The largest absolute Gasteiger partial charge is 0.383 e. The highest BCUT2D eigenvalue weighted by molar-refractivity contribution is 5.99. The van der Waals surface area contributed by atoms with Crippen LogP contribution in [0.15, 0.2) is 18.5 Å². The number of nitrogens with zero attached hydrogens (tertiary/aromatic N) is 3. The van der Waals surface area contributed by atoms with Gasteiger partial charge in [0, 0.05) is 38.9 Å². The molecule has 1 aromatic rings. The molecule has 1 saturated heterocycles. The Hall–Kier alpha value is -1.62. The molecule has 1 N–H and O–H groups in total. The molecule has 0 bridgehead atoms. The minimum Gasteiger partial charge on any atom is -0.383 e. The molecule has 1 aliphatic heterocycles. The highest BCUT2D eigenvalue weighted by atomic mass is 16.2. The zero-order chi connectivity index (χ0) is 15.2. The van der Waals surface area contributed by atoms with E-state index in [0.29, 0.717) is 11.6 Å². The SMILES string of the molecule is CCNc1cnccc1C(=O)N(C)C1CCN(CC)CC1. The first kappa shape index (κ1) is 15.8. The van der Waals surface area contributed by atoms with Gasteiger partial charge in [-0.1, -0.05) is 6.92 Å². The molecule has 116 valence electrons. The number of amides is 1. The molecule has 0 aromatic carbocycles. The van der Waals surface area contributed by atoms with Gasteiger partial charge in [-0.05, 0) is 32.4 Å². The number of hydrogen-bond acceptors (Lipinski definition) is 4. The fourth-order valence-corrected chi connectivity index (χ4v) is 2.89. The number of likely N-dealkylation sites (tertiary alicyclic amines) is 1. The lowest BCUT2D eigenvalue weighted by Gasteiger charge is -2.36. The number of aromatic nitrogens is 1. The summed E-state index contributed by atoms with van der Waals surface area (Å²) in [6.07, 6.45) is 5.52. The molecule has 5 nitrogen and oxygen atoms in total. The van der Waals surface area contributed by atoms with Crippen molar-refractivity contribution in [2.75, 3.05) is 38.5 Å². The number of carbonyl (C=O) groups is 1. The maximum atomic E-state index is 12.7. The van der Waals surface area contributed by atoms with E-state index in [1.54, 1.807) is 18.5 Å². The van der Waals surface area contributed by atoms with Gasteiger partial charge in [0.2, 0.25) is 0 Å². The molecule has 0 spiro atoms. The average molecular weight is 290 g/mol. The highest BCUT2D eigenvalue weighted by Gasteiger charge is 2.26. The van der Waals surface area contributed by atoms with Crippen LogP contribution in [-0.4, -0.2) is 60.0 Å². The second-order valence-corrected chi connectivity index (χ2v) is 5.53. The lowest BCUT2D eigenvalue weighted by Crippen LogP contribution is -2.45. The summed E-state index contributed by atoms with van der Waals surface area (Å²) in [4.78, 5) is 21.2. The Balaban J connectivity index is 2.06. The first-order chi connectivity index (χ1) is 10.2. The van der Waals surface area contributed by atoms with Crippen molar-refractivity contribution in [2.24, 2.45) is 0 Å². The monoisotopic (exact) mass is 290 g/mol. The fraction of sp³-hybridized carbons (Fsp3) is 0.625. The van der Waals surface area contributed by atoms with Gasteiger partial charge in [0.05, 0.1) is 17.4 Å². The van der Waals surface area contributed by atoms with Gasteiger partial charge in [-0.15, -0.1) is 0 Å². The molecule has 0 aliphatic carbocycles. The van der Waals surface area contributed by atoms with Crippen LogP contribution >= 0.6 is 0 Å². The first-order valence-corrected chi connectivity index (χ1v) is 7.84. The van der Waals surface area contributed by atoms with Crippen LogP contribution in [0.1, 0.15) is 37.0 Å². The predicted molar refractivity (Wildman–Crippen MR) is 85.6 cm³/mol. The number of hydrogen-bond donors (Lipinski definition) is 1. The molecule has 21 heavy (non-hydrogen) atoms. The quantitative estimate of drug-likeness (QED) is 0.902. The minimum absolute atomic E-state index is 0.0864. The predicted octanol–water partition coefficient (Wildman–Crippen LogP) is 2.07. The summed E-state index contributed by atoms with van der Waals surface area (Å²) in [7, 11) is 1.92. The molecule has 2 rings (SSSR count). The Morgan fingerprint density at radius 3 is 2.76 bits per heavy atom. The molecule has 0 saturated carbocycles. The van der Waals surface area contributed by atoms with Crippen LogP contribution in [0.2, 0.25) is 0 Å². The molecule has 0 atom stereocenters. The lowest BCUT2D eigenvalue weighted by molar-refractivity contribution is 0.0647. The number of rotatable bonds is 5. The van der Waals surface area contributed by atoms with E-state index in [4.69, 9.17) is 0 Å². The van der Waals surface area contributed by atoms with Gasteiger partial charge in [0.25, 0.3) is 5.91 Å². The Morgan fingerprint density at radius 2 is 2.14 bits per heavy atom. The Labute approximate surface area is 127 Å². The summed E-state index contributed by atoms with van der Waals surface area (Å²) in [6.45, 7) is 8.24. The van der Waals surface area contributed by atoms with Gasteiger partial charge in [-0.2, -0.15) is 0 Å². The Kier molecular flexibility index (Phi) is 5.56. The molecule has 1 fully saturated rings. The summed E-state index contributed by atoms with van der Waals surface area (Å²) in [6, 6.07) is 2.14. The summed E-state index contributed by atoms with van der Waals surface area (Å²) in [5, 5.41) is 3.21. The number of piperidine rings is 1. The zero-order valence-electron chi connectivity index (χ0n) is 13.3. The van der Waals surface area contributed by atoms with Gasteiger partial charge < -0.3 is 15.1 Å². The van der Waals surface area contributed by atoms with Crippen molar-refractivity contribution in [3.05, 3.63) is 24.0 Å². The topological polar surface area (TPSA) is 48.5 Å². The number of pyridine rings is 1. The third-order valence-corrected chi connectivity index (χ3v) is 4.29. The molecule has 5 heteroatoms. The zero-order valence-corrected chi connectivity index (χ0v) is 13.3. The standard InChI is InChI=1S/C16H26N4O/c1-4-18-15-12-17-9-6-14(15)16(21)19(3)13-7-10-20(5-2)11-8-13/h6,9,12-13,18H,4-5,7-8,10-11H2,1-3H3. The smallest absolute Gasteiger partial charge is 0.256 e. The van der Waals surface area contributed by atoms with Crippen molar-refractivity contribution in [1.82, 2.24) is 14.8 Å². The van der Waals surface area contributed by atoms with Crippen LogP contribution in [-0.2, 0) is 0 Å².